The minimum Gasteiger partial charge on any atom is -0.497 e. The lowest BCUT2D eigenvalue weighted by molar-refractivity contribution is 0.414. The minimum atomic E-state index is 0.670. The number of ether oxygens (including phenoxy) is 2. The molecule has 192 valence electrons. The van der Waals surface area contributed by atoms with E-state index in [1.54, 1.807) is 14.2 Å². The van der Waals surface area contributed by atoms with Crippen LogP contribution >= 0.6 is 0 Å². The average molecular weight is 505 g/mol. The maximum absolute atomic E-state index is 5.38. The van der Waals surface area contributed by atoms with Crippen molar-refractivity contribution in [3.63, 3.8) is 0 Å². The summed E-state index contributed by atoms with van der Waals surface area (Å²) < 4.78 is 10.8. The first-order valence-corrected chi connectivity index (χ1v) is 12.8. The predicted molar refractivity (Wildman–Crippen MR) is 153 cm³/mol. The van der Waals surface area contributed by atoms with E-state index in [2.05, 4.69) is 64.3 Å². The van der Waals surface area contributed by atoms with Gasteiger partial charge in [-0.1, -0.05) is 31.2 Å². The van der Waals surface area contributed by atoms with E-state index in [9.17, 15) is 0 Å². The maximum Gasteiger partial charge on any atom is 0.139 e. The normalized spacial score (nSPS) is 10.9. The molecule has 0 saturated carbocycles. The van der Waals surface area contributed by atoms with Gasteiger partial charge in [0.2, 0.25) is 0 Å². The maximum atomic E-state index is 5.38. The van der Waals surface area contributed by atoms with Gasteiger partial charge in [0.15, 0.2) is 0 Å². The van der Waals surface area contributed by atoms with Crippen molar-refractivity contribution in [1.29, 1.82) is 0 Å². The molecule has 6 heteroatoms. The van der Waals surface area contributed by atoms with E-state index in [1.165, 1.54) is 5.56 Å². The van der Waals surface area contributed by atoms with E-state index in [0.29, 0.717) is 13.1 Å². The molecule has 0 aliphatic carbocycles. The molecule has 0 aliphatic rings. The van der Waals surface area contributed by atoms with Gasteiger partial charge >= 0.3 is 0 Å². The highest BCUT2D eigenvalue weighted by Crippen LogP contribution is 2.33. The van der Waals surface area contributed by atoms with Gasteiger partial charge in [0.05, 0.1) is 19.9 Å². The summed E-state index contributed by atoms with van der Waals surface area (Å²) in [5, 5.41) is 2.13. The van der Waals surface area contributed by atoms with Crippen molar-refractivity contribution in [2.24, 2.45) is 0 Å². The van der Waals surface area contributed by atoms with Crippen LogP contribution in [-0.4, -0.2) is 29.2 Å². The molecule has 5 aromatic rings. The summed E-state index contributed by atoms with van der Waals surface area (Å²) >= 11 is 0. The number of anilines is 1. The Morgan fingerprint density at radius 2 is 1.42 bits per heavy atom. The fraction of sp³-hybridized carbons (Fsp3) is 0.219. The highest BCUT2D eigenvalue weighted by atomic mass is 16.5. The number of hydrogen-bond donors (Lipinski definition) is 0. The first kappa shape index (κ1) is 25.2. The van der Waals surface area contributed by atoms with Gasteiger partial charge in [0.25, 0.3) is 0 Å². The standard InChI is InChI=1S/C32H32N4O2/c1-5-25-14-15-33-18-29(25)31-17-26-16-22(2)34-19-30(26)32(35-31)36(20-23-6-10-27(37-3)11-7-23)21-24-8-12-28(38-4)13-9-24/h6-19H,5,20-21H2,1-4H3. The van der Waals surface area contributed by atoms with E-state index < -0.39 is 0 Å². The molecular formula is C32H32N4O2. The topological polar surface area (TPSA) is 60.4 Å². The number of rotatable bonds is 9. The summed E-state index contributed by atoms with van der Waals surface area (Å²) in [4.78, 5) is 16.6. The number of aromatic nitrogens is 3. The van der Waals surface area contributed by atoms with Gasteiger partial charge in [-0.15, -0.1) is 0 Å². The summed E-state index contributed by atoms with van der Waals surface area (Å²) in [6.45, 7) is 5.52. The van der Waals surface area contributed by atoms with E-state index in [-0.39, 0.29) is 0 Å². The van der Waals surface area contributed by atoms with Crippen LogP contribution in [0.3, 0.4) is 0 Å². The monoisotopic (exact) mass is 504 g/mol. The number of benzene rings is 2. The van der Waals surface area contributed by atoms with Gasteiger partial charge in [0, 0.05) is 48.3 Å². The lowest BCUT2D eigenvalue weighted by Crippen LogP contribution is -2.24. The van der Waals surface area contributed by atoms with Crippen LogP contribution in [0, 0.1) is 6.92 Å². The summed E-state index contributed by atoms with van der Waals surface area (Å²) in [7, 11) is 3.37. The van der Waals surface area contributed by atoms with Gasteiger partial charge in [-0.05, 0) is 77.9 Å². The van der Waals surface area contributed by atoms with Crippen LogP contribution < -0.4 is 14.4 Å². The lowest BCUT2D eigenvalue weighted by Gasteiger charge is -2.26. The van der Waals surface area contributed by atoms with Crippen LogP contribution in [0.2, 0.25) is 0 Å². The predicted octanol–water partition coefficient (Wildman–Crippen LogP) is 6.79. The average Bonchev–Trinajstić information content (AvgIpc) is 2.96. The molecule has 0 N–H and O–H groups in total. The number of hydrogen-bond acceptors (Lipinski definition) is 6. The third-order valence-electron chi connectivity index (χ3n) is 6.76. The van der Waals surface area contributed by atoms with Crippen LogP contribution in [0.15, 0.2) is 85.3 Å². The van der Waals surface area contributed by atoms with Gasteiger partial charge in [-0.2, -0.15) is 0 Å². The Bertz CT molecular complexity index is 1480. The first-order chi connectivity index (χ1) is 18.6. The molecule has 0 saturated heterocycles. The number of fused-ring (bicyclic) bond motifs is 1. The summed E-state index contributed by atoms with van der Waals surface area (Å²) in [6, 6.07) is 22.8. The molecule has 0 bridgehead atoms. The Balaban J connectivity index is 1.66. The molecule has 5 rings (SSSR count). The molecule has 3 heterocycles. The molecule has 6 nitrogen and oxygen atoms in total. The Morgan fingerprint density at radius 3 is 2.00 bits per heavy atom. The first-order valence-electron chi connectivity index (χ1n) is 12.8. The van der Waals surface area contributed by atoms with E-state index in [1.807, 2.05) is 49.8 Å². The summed E-state index contributed by atoms with van der Waals surface area (Å²) in [6.07, 6.45) is 6.61. The molecule has 0 unspecified atom stereocenters. The molecule has 3 aromatic heterocycles. The van der Waals surface area contributed by atoms with E-state index in [4.69, 9.17) is 14.5 Å². The quantitative estimate of drug-likeness (QED) is 0.220. The number of pyridine rings is 3. The van der Waals surface area contributed by atoms with Gasteiger partial charge in [-0.3, -0.25) is 9.97 Å². The molecule has 0 spiro atoms. The molecule has 0 atom stereocenters. The Hall–Kier alpha value is -4.45. The van der Waals surface area contributed by atoms with Crippen molar-refractivity contribution >= 4 is 16.6 Å². The minimum absolute atomic E-state index is 0.670. The van der Waals surface area contributed by atoms with Crippen LogP contribution in [0.4, 0.5) is 5.82 Å². The molecule has 38 heavy (non-hydrogen) atoms. The fourth-order valence-electron chi connectivity index (χ4n) is 4.69. The van der Waals surface area contributed by atoms with Crippen LogP contribution in [0.25, 0.3) is 22.0 Å². The van der Waals surface area contributed by atoms with Gasteiger partial charge in [-0.25, -0.2) is 4.98 Å². The third-order valence-corrected chi connectivity index (χ3v) is 6.76. The fourth-order valence-corrected chi connectivity index (χ4v) is 4.69. The van der Waals surface area contributed by atoms with Crippen molar-refractivity contribution in [3.05, 3.63) is 108 Å². The molecule has 0 radical (unpaired) electrons. The molecule has 2 aromatic carbocycles. The van der Waals surface area contributed by atoms with Crippen LogP contribution in [-0.2, 0) is 19.5 Å². The zero-order chi connectivity index (χ0) is 26.5. The van der Waals surface area contributed by atoms with E-state index >= 15 is 0 Å². The van der Waals surface area contributed by atoms with Crippen molar-refractivity contribution in [3.8, 4) is 22.8 Å². The molecule has 0 amide bonds. The van der Waals surface area contributed by atoms with Crippen LogP contribution in [0.1, 0.15) is 29.3 Å². The van der Waals surface area contributed by atoms with E-state index in [0.717, 1.165) is 62.6 Å². The highest BCUT2D eigenvalue weighted by molar-refractivity contribution is 5.94. The van der Waals surface area contributed by atoms with Crippen molar-refractivity contribution in [2.75, 3.05) is 19.1 Å². The van der Waals surface area contributed by atoms with Crippen LogP contribution in [0.5, 0.6) is 11.5 Å². The summed E-state index contributed by atoms with van der Waals surface area (Å²) in [5.74, 6) is 2.57. The zero-order valence-electron chi connectivity index (χ0n) is 22.3. The van der Waals surface area contributed by atoms with Gasteiger partial charge in [0.1, 0.15) is 17.3 Å². The number of aryl methyl sites for hydroxylation is 2. The number of methoxy groups -OCH3 is 2. The van der Waals surface area contributed by atoms with Crippen molar-refractivity contribution in [1.82, 2.24) is 15.0 Å². The Morgan fingerprint density at radius 1 is 0.789 bits per heavy atom. The second-order valence-electron chi connectivity index (χ2n) is 9.32. The molecular weight excluding hydrogens is 472 g/mol. The second-order valence-corrected chi connectivity index (χ2v) is 9.32. The Labute approximate surface area is 223 Å². The van der Waals surface area contributed by atoms with Crippen molar-refractivity contribution in [2.45, 2.75) is 33.4 Å². The third kappa shape index (κ3) is 5.44. The number of nitrogens with zero attached hydrogens (tertiary/aromatic N) is 4. The lowest BCUT2D eigenvalue weighted by atomic mass is 10.0. The second kappa shape index (κ2) is 11.3. The van der Waals surface area contributed by atoms with Crippen molar-refractivity contribution < 1.29 is 9.47 Å². The zero-order valence-corrected chi connectivity index (χ0v) is 22.3. The summed E-state index contributed by atoms with van der Waals surface area (Å²) in [5.41, 5.74) is 6.49. The van der Waals surface area contributed by atoms with Gasteiger partial charge < -0.3 is 14.4 Å². The largest absolute Gasteiger partial charge is 0.497 e. The molecule has 0 fully saturated rings. The highest BCUT2D eigenvalue weighted by Gasteiger charge is 2.18. The SMILES string of the molecule is CCc1ccncc1-c1cc2cc(C)ncc2c(N(Cc2ccc(OC)cc2)Cc2ccc(OC)cc2)n1. The Kier molecular flexibility index (Phi) is 7.50. The smallest absolute Gasteiger partial charge is 0.139 e. The molecule has 0 aliphatic heterocycles.